The highest BCUT2D eigenvalue weighted by Gasteiger charge is 2.23. The fourth-order valence-electron chi connectivity index (χ4n) is 9.01. The molecule has 0 aliphatic rings. The molecule has 0 fully saturated rings. The summed E-state index contributed by atoms with van der Waals surface area (Å²) in [5.41, 5.74) is 13.1. The lowest BCUT2D eigenvalue weighted by molar-refractivity contribution is 0.673. The molecule has 280 valence electrons. The van der Waals surface area contributed by atoms with Crippen molar-refractivity contribution in [3.05, 3.63) is 200 Å². The number of nitrogens with zero attached hydrogens (tertiary/aromatic N) is 1. The zero-order valence-corrected chi connectivity index (χ0v) is 33.7. The van der Waals surface area contributed by atoms with Crippen LogP contribution in [0.15, 0.2) is 205 Å². The predicted octanol–water partition coefficient (Wildman–Crippen LogP) is 11.2. The highest BCUT2D eigenvalue weighted by molar-refractivity contribution is 6.63. The number of fused-ring (bicyclic) bond motifs is 6. The van der Waals surface area contributed by atoms with Crippen molar-refractivity contribution >= 4 is 114 Å². The molecule has 0 saturated carbocycles. The predicted molar refractivity (Wildman–Crippen MR) is 267 cm³/mol. The Bertz CT molecular complexity index is 3480. The van der Waals surface area contributed by atoms with Gasteiger partial charge in [0.05, 0.1) is 0 Å². The Balaban J connectivity index is 1.07. The Morgan fingerprint density at radius 3 is 1.71 bits per heavy atom. The molecule has 11 aromatic rings. The maximum atomic E-state index is 7.16. The van der Waals surface area contributed by atoms with E-state index in [1.807, 2.05) is 54.6 Å². The summed E-state index contributed by atoms with van der Waals surface area (Å²) in [4.78, 5) is 2.06. The molecular weight excluding hydrogens is 746 g/mol. The monoisotopic (exact) mass is 779 g/mol. The van der Waals surface area contributed by atoms with Gasteiger partial charge in [0, 0.05) is 33.2 Å². The summed E-state index contributed by atoms with van der Waals surface area (Å²) in [5, 5.41) is 6.70. The molecule has 11 rings (SSSR count). The minimum atomic E-state index is 0.331. The minimum absolute atomic E-state index is 0.331. The average molecular weight is 779 g/mol. The van der Waals surface area contributed by atoms with Crippen LogP contribution in [-0.4, -0.2) is 31.4 Å². The van der Waals surface area contributed by atoms with Crippen molar-refractivity contribution in [3.63, 3.8) is 0 Å². The van der Waals surface area contributed by atoms with Crippen LogP contribution in [0, 0.1) is 0 Å². The summed E-state index contributed by atoms with van der Waals surface area (Å²) >= 11 is 0. The Labute approximate surface area is 366 Å². The molecule has 6 heteroatoms. The summed E-state index contributed by atoms with van der Waals surface area (Å²) < 4.78 is 6.58. The van der Waals surface area contributed by atoms with Crippen LogP contribution < -0.4 is 26.8 Å². The first-order chi connectivity index (χ1) is 30.4. The molecule has 0 aliphatic carbocycles. The number of hydrogen-bond donors (Lipinski definition) is 0. The fraction of sp³-hybridized carbons (Fsp3) is 0. The fourth-order valence-corrected chi connectivity index (χ4v) is 9.01. The minimum Gasteiger partial charge on any atom is -0.455 e. The molecule has 0 bridgehead atoms. The molecule has 0 unspecified atom stereocenters. The van der Waals surface area contributed by atoms with E-state index >= 15 is 0 Å². The van der Waals surface area contributed by atoms with Crippen LogP contribution >= 0.6 is 0 Å². The van der Waals surface area contributed by atoms with Crippen molar-refractivity contribution in [1.29, 1.82) is 0 Å². The van der Waals surface area contributed by atoms with Gasteiger partial charge in [-0.15, -0.1) is 0 Å². The van der Waals surface area contributed by atoms with Gasteiger partial charge in [-0.05, 0) is 103 Å². The van der Waals surface area contributed by atoms with Crippen molar-refractivity contribution in [2.75, 3.05) is 4.90 Å². The summed E-state index contributed by atoms with van der Waals surface area (Å²) in [6, 6.07) is 69.0. The van der Waals surface area contributed by atoms with Crippen LogP contribution in [0.25, 0.3) is 88.0 Å². The SMILES string of the molecule is [B]c1c([B])c(N(c2ccc(-c3ccc4ccccc4c3)cc2)c2cccc(-c3cccc4oc5c6ccccc6ccc5c34)c2)c([B])c([B])c1-c1ccc(-c2ccccc2)cc1. The first kappa shape index (κ1) is 37.6. The van der Waals surface area contributed by atoms with Crippen molar-refractivity contribution in [2.45, 2.75) is 0 Å². The lowest BCUT2D eigenvalue weighted by atomic mass is 9.64. The van der Waals surface area contributed by atoms with E-state index in [1.54, 1.807) is 0 Å². The molecule has 0 N–H and O–H groups in total. The van der Waals surface area contributed by atoms with Crippen LogP contribution in [0.1, 0.15) is 0 Å². The van der Waals surface area contributed by atoms with E-state index in [2.05, 4.69) is 150 Å². The van der Waals surface area contributed by atoms with Crippen molar-refractivity contribution in [2.24, 2.45) is 0 Å². The van der Waals surface area contributed by atoms with E-state index in [4.69, 9.17) is 35.8 Å². The normalized spacial score (nSPS) is 11.5. The molecule has 0 spiro atoms. The molecule has 62 heavy (non-hydrogen) atoms. The molecule has 1 aromatic heterocycles. The summed E-state index contributed by atoms with van der Waals surface area (Å²) in [6.45, 7) is 0. The van der Waals surface area contributed by atoms with E-state index in [1.165, 1.54) is 10.8 Å². The van der Waals surface area contributed by atoms with Crippen molar-refractivity contribution < 1.29 is 4.42 Å². The first-order valence-corrected chi connectivity index (χ1v) is 20.7. The van der Waals surface area contributed by atoms with Gasteiger partial charge < -0.3 is 9.32 Å². The van der Waals surface area contributed by atoms with Gasteiger partial charge in [0.15, 0.2) is 0 Å². The second-order valence-corrected chi connectivity index (χ2v) is 15.8. The third-order valence-electron chi connectivity index (χ3n) is 12.1. The largest absolute Gasteiger partial charge is 0.455 e. The highest BCUT2D eigenvalue weighted by Crippen LogP contribution is 2.42. The van der Waals surface area contributed by atoms with Crippen LogP contribution in [0.3, 0.4) is 0 Å². The Kier molecular flexibility index (Phi) is 9.24. The van der Waals surface area contributed by atoms with Crippen molar-refractivity contribution in [3.8, 4) is 44.5 Å². The molecule has 0 aliphatic heterocycles. The van der Waals surface area contributed by atoms with E-state index in [0.717, 1.165) is 83.0 Å². The van der Waals surface area contributed by atoms with Gasteiger partial charge in [0.2, 0.25) is 0 Å². The van der Waals surface area contributed by atoms with E-state index in [9.17, 15) is 0 Å². The topological polar surface area (TPSA) is 16.4 Å². The number of rotatable bonds is 7. The Morgan fingerprint density at radius 2 is 0.935 bits per heavy atom. The molecule has 0 amide bonds. The molecule has 2 nitrogen and oxygen atoms in total. The molecule has 8 radical (unpaired) electrons. The maximum absolute atomic E-state index is 7.16. The van der Waals surface area contributed by atoms with E-state index < -0.39 is 0 Å². The Morgan fingerprint density at radius 1 is 0.355 bits per heavy atom. The number of benzene rings is 10. The molecule has 10 aromatic carbocycles. The van der Waals surface area contributed by atoms with Gasteiger partial charge in [-0.2, -0.15) is 0 Å². The van der Waals surface area contributed by atoms with Crippen LogP contribution in [0.5, 0.6) is 0 Å². The zero-order chi connectivity index (χ0) is 41.9. The summed E-state index contributed by atoms with van der Waals surface area (Å²) in [6.07, 6.45) is 0. The van der Waals surface area contributed by atoms with E-state index in [0.29, 0.717) is 33.1 Å². The smallest absolute Gasteiger partial charge is 0.143 e. The van der Waals surface area contributed by atoms with Gasteiger partial charge in [-0.1, -0.05) is 180 Å². The van der Waals surface area contributed by atoms with Gasteiger partial charge in [0.25, 0.3) is 0 Å². The van der Waals surface area contributed by atoms with Gasteiger partial charge >= 0.3 is 0 Å². The third-order valence-corrected chi connectivity index (χ3v) is 12.1. The standard InChI is InChI=1S/C56H33B4NO/c57-51-49(39-23-20-36(21-24-39)34-10-2-1-3-11-34)52(58)54(60)55(53(51)59)61(43-29-26-37(27-30-43)41-25-22-35-12-4-5-14-40(35)32-41)44-16-8-15-42(33-44)45-18-9-19-48-50(45)47-31-28-38-13-6-7-17-46(38)56(47)62-48/h1-33H. The number of anilines is 3. The van der Waals surface area contributed by atoms with Gasteiger partial charge in [0.1, 0.15) is 42.6 Å². The first-order valence-electron chi connectivity index (χ1n) is 20.7. The number of furan rings is 1. The lowest BCUT2D eigenvalue weighted by Crippen LogP contribution is -2.46. The summed E-state index contributed by atoms with van der Waals surface area (Å²) in [7, 11) is 28.4. The summed E-state index contributed by atoms with van der Waals surface area (Å²) in [5.74, 6) is 0. The molecular formula is C56H33B4NO. The van der Waals surface area contributed by atoms with Gasteiger partial charge in [-0.3, -0.25) is 0 Å². The highest BCUT2D eigenvalue weighted by atomic mass is 16.3. The Hall–Kier alpha value is -7.42. The van der Waals surface area contributed by atoms with E-state index in [-0.39, 0.29) is 0 Å². The van der Waals surface area contributed by atoms with Crippen molar-refractivity contribution in [1.82, 2.24) is 0 Å². The van der Waals surface area contributed by atoms with Gasteiger partial charge in [-0.25, -0.2) is 0 Å². The average Bonchev–Trinajstić information content (AvgIpc) is 3.73. The van der Waals surface area contributed by atoms with Crippen LogP contribution in [-0.2, 0) is 0 Å². The molecule has 0 atom stereocenters. The van der Waals surface area contributed by atoms with Crippen LogP contribution in [0.2, 0.25) is 0 Å². The maximum Gasteiger partial charge on any atom is 0.143 e. The second kappa shape index (κ2) is 15.2. The second-order valence-electron chi connectivity index (χ2n) is 15.8. The third kappa shape index (κ3) is 6.34. The lowest BCUT2D eigenvalue weighted by Gasteiger charge is -2.33. The zero-order valence-electron chi connectivity index (χ0n) is 33.7. The molecule has 1 heterocycles. The number of hydrogen-bond acceptors (Lipinski definition) is 2. The quantitative estimate of drug-likeness (QED) is 0.150. The van der Waals surface area contributed by atoms with Crippen LogP contribution in [0.4, 0.5) is 17.1 Å². The molecule has 0 saturated heterocycles.